The van der Waals surface area contributed by atoms with Gasteiger partial charge in [-0.3, -0.25) is 0 Å². The van der Waals surface area contributed by atoms with Gasteiger partial charge in [0.05, 0.1) is 6.04 Å². The lowest BCUT2D eigenvalue weighted by Crippen LogP contribution is -2.27. The lowest BCUT2D eigenvalue weighted by atomic mass is 10.1. The van der Waals surface area contributed by atoms with Crippen molar-refractivity contribution >= 4 is 11.4 Å². The van der Waals surface area contributed by atoms with Gasteiger partial charge in [0.1, 0.15) is 0 Å². The highest BCUT2D eigenvalue weighted by Crippen LogP contribution is 2.37. The minimum absolute atomic E-state index is 0.281. The third-order valence-electron chi connectivity index (χ3n) is 4.03. The number of nitrogens with zero attached hydrogens (tertiary/aromatic N) is 2. The van der Waals surface area contributed by atoms with Gasteiger partial charge < -0.3 is 15.5 Å². The predicted molar refractivity (Wildman–Crippen MR) is 85.2 cm³/mol. The topological polar surface area (TPSA) is 32.5 Å². The second kappa shape index (κ2) is 5.17. The standard InChI is InChI=1S/C17H21N3/c1-19(2)14-7-5-8-15(10-14)20-12-13-6-3-4-9-16(13)17(20)11-18/h3-10,17H,11-12,18H2,1-2H3. The fourth-order valence-corrected chi connectivity index (χ4v) is 2.94. The van der Waals surface area contributed by atoms with E-state index in [0.717, 1.165) is 6.54 Å². The number of anilines is 2. The first-order valence-electron chi connectivity index (χ1n) is 7.02. The van der Waals surface area contributed by atoms with E-state index >= 15 is 0 Å². The van der Waals surface area contributed by atoms with Crippen LogP contribution in [0, 0.1) is 0 Å². The smallest absolute Gasteiger partial charge is 0.0671 e. The van der Waals surface area contributed by atoms with Gasteiger partial charge in [-0.2, -0.15) is 0 Å². The van der Waals surface area contributed by atoms with Crippen molar-refractivity contribution in [3.05, 3.63) is 59.7 Å². The quantitative estimate of drug-likeness (QED) is 0.928. The van der Waals surface area contributed by atoms with Gasteiger partial charge in [-0.05, 0) is 29.3 Å². The summed E-state index contributed by atoms with van der Waals surface area (Å²) in [5, 5.41) is 0. The Hall–Kier alpha value is -2.00. The molecule has 1 heterocycles. The molecule has 1 aliphatic heterocycles. The van der Waals surface area contributed by atoms with Crippen LogP contribution in [0.2, 0.25) is 0 Å². The minimum atomic E-state index is 0.281. The molecule has 3 nitrogen and oxygen atoms in total. The molecule has 0 radical (unpaired) electrons. The molecule has 0 amide bonds. The van der Waals surface area contributed by atoms with Crippen molar-refractivity contribution < 1.29 is 0 Å². The molecule has 1 aliphatic rings. The first-order chi connectivity index (χ1) is 9.70. The van der Waals surface area contributed by atoms with E-state index in [1.807, 2.05) is 0 Å². The van der Waals surface area contributed by atoms with Gasteiger partial charge in [0.2, 0.25) is 0 Å². The zero-order valence-electron chi connectivity index (χ0n) is 12.1. The summed E-state index contributed by atoms with van der Waals surface area (Å²) in [5.41, 5.74) is 11.2. The van der Waals surface area contributed by atoms with Gasteiger partial charge in [0.15, 0.2) is 0 Å². The fourth-order valence-electron chi connectivity index (χ4n) is 2.94. The maximum Gasteiger partial charge on any atom is 0.0671 e. The van der Waals surface area contributed by atoms with E-state index in [1.165, 1.54) is 22.5 Å². The van der Waals surface area contributed by atoms with E-state index in [0.29, 0.717) is 6.54 Å². The van der Waals surface area contributed by atoms with Crippen LogP contribution in [0.1, 0.15) is 17.2 Å². The normalized spacial score (nSPS) is 17.1. The third kappa shape index (κ3) is 2.14. The highest BCUT2D eigenvalue weighted by Gasteiger charge is 2.28. The van der Waals surface area contributed by atoms with Gasteiger partial charge >= 0.3 is 0 Å². The molecule has 0 spiro atoms. The summed E-state index contributed by atoms with van der Waals surface area (Å²) in [6.07, 6.45) is 0. The first kappa shape index (κ1) is 13.0. The van der Waals surface area contributed by atoms with Crippen LogP contribution in [0.3, 0.4) is 0 Å². The number of rotatable bonds is 3. The number of fused-ring (bicyclic) bond motifs is 1. The van der Waals surface area contributed by atoms with Gasteiger partial charge in [-0.25, -0.2) is 0 Å². The Morgan fingerprint density at radius 3 is 2.70 bits per heavy atom. The SMILES string of the molecule is CN(C)c1cccc(N2Cc3ccccc3C2CN)c1. The summed E-state index contributed by atoms with van der Waals surface area (Å²) < 4.78 is 0. The van der Waals surface area contributed by atoms with Gasteiger partial charge in [-0.15, -0.1) is 0 Å². The molecule has 1 unspecified atom stereocenters. The Labute approximate surface area is 120 Å². The summed E-state index contributed by atoms with van der Waals surface area (Å²) in [6.45, 7) is 1.58. The van der Waals surface area contributed by atoms with Crippen LogP contribution in [0.5, 0.6) is 0 Å². The summed E-state index contributed by atoms with van der Waals surface area (Å²) in [7, 11) is 4.14. The Kier molecular flexibility index (Phi) is 3.36. The van der Waals surface area contributed by atoms with Crippen molar-refractivity contribution in [3.63, 3.8) is 0 Å². The maximum atomic E-state index is 6.02. The van der Waals surface area contributed by atoms with E-state index < -0.39 is 0 Å². The van der Waals surface area contributed by atoms with Crippen LogP contribution >= 0.6 is 0 Å². The van der Waals surface area contributed by atoms with Gasteiger partial charge in [0.25, 0.3) is 0 Å². The van der Waals surface area contributed by atoms with Crippen LogP contribution in [-0.4, -0.2) is 20.6 Å². The van der Waals surface area contributed by atoms with Crippen LogP contribution in [0.25, 0.3) is 0 Å². The van der Waals surface area contributed by atoms with Gasteiger partial charge in [0, 0.05) is 38.6 Å². The molecule has 104 valence electrons. The van der Waals surface area contributed by atoms with Crippen LogP contribution < -0.4 is 15.5 Å². The summed E-state index contributed by atoms with van der Waals surface area (Å²) in [6, 6.07) is 17.5. The van der Waals surface area contributed by atoms with Crippen molar-refractivity contribution in [3.8, 4) is 0 Å². The van der Waals surface area contributed by atoms with E-state index in [4.69, 9.17) is 5.73 Å². The van der Waals surface area contributed by atoms with Gasteiger partial charge in [-0.1, -0.05) is 30.3 Å². The highest BCUT2D eigenvalue weighted by atomic mass is 15.2. The maximum absolute atomic E-state index is 6.02. The van der Waals surface area contributed by atoms with Crippen molar-refractivity contribution in [2.24, 2.45) is 5.73 Å². The number of hydrogen-bond donors (Lipinski definition) is 1. The number of benzene rings is 2. The summed E-state index contributed by atoms with van der Waals surface area (Å²) >= 11 is 0. The molecule has 2 aromatic carbocycles. The lowest BCUT2D eigenvalue weighted by Gasteiger charge is -2.27. The molecule has 3 heteroatoms. The molecule has 0 fully saturated rings. The molecule has 0 bridgehead atoms. The largest absolute Gasteiger partial charge is 0.378 e. The van der Waals surface area contributed by atoms with Crippen LogP contribution in [-0.2, 0) is 6.54 Å². The zero-order chi connectivity index (χ0) is 14.1. The molecular weight excluding hydrogens is 246 g/mol. The molecule has 1 atom stereocenters. The lowest BCUT2D eigenvalue weighted by molar-refractivity contribution is 0.679. The summed E-state index contributed by atoms with van der Waals surface area (Å²) in [4.78, 5) is 4.53. The van der Waals surface area contributed by atoms with Crippen molar-refractivity contribution in [2.75, 3.05) is 30.4 Å². The molecule has 0 saturated heterocycles. The molecule has 0 aliphatic carbocycles. The monoisotopic (exact) mass is 267 g/mol. The average molecular weight is 267 g/mol. The fraction of sp³-hybridized carbons (Fsp3) is 0.294. The zero-order valence-corrected chi connectivity index (χ0v) is 12.1. The van der Waals surface area contributed by atoms with E-state index in [9.17, 15) is 0 Å². The minimum Gasteiger partial charge on any atom is -0.378 e. The Balaban J connectivity index is 1.98. The van der Waals surface area contributed by atoms with E-state index in [1.54, 1.807) is 0 Å². The number of nitrogens with two attached hydrogens (primary N) is 1. The molecule has 0 aromatic heterocycles. The second-order valence-electron chi connectivity index (χ2n) is 5.49. The molecule has 0 saturated carbocycles. The molecule has 2 aromatic rings. The molecule has 2 N–H and O–H groups in total. The highest BCUT2D eigenvalue weighted by molar-refractivity contribution is 5.62. The average Bonchev–Trinajstić information content (AvgIpc) is 2.86. The molecular formula is C17H21N3. The number of hydrogen-bond acceptors (Lipinski definition) is 3. The molecule has 3 rings (SSSR count). The predicted octanol–water partition coefficient (Wildman–Crippen LogP) is 2.77. The first-order valence-corrected chi connectivity index (χ1v) is 7.02. The third-order valence-corrected chi connectivity index (χ3v) is 4.03. The van der Waals surface area contributed by atoms with E-state index in [-0.39, 0.29) is 6.04 Å². The summed E-state index contributed by atoms with van der Waals surface area (Å²) in [5.74, 6) is 0. The Morgan fingerprint density at radius 2 is 1.95 bits per heavy atom. The van der Waals surface area contributed by atoms with Crippen molar-refractivity contribution in [1.82, 2.24) is 0 Å². The Bertz CT molecular complexity index is 607. The van der Waals surface area contributed by atoms with Crippen LogP contribution in [0.4, 0.5) is 11.4 Å². The van der Waals surface area contributed by atoms with Crippen LogP contribution in [0.15, 0.2) is 48.5 Å². The molecule has 20 heavy (non-hydrogen) atoms. The van der Waals surface area contributed by atoms with Crippen molar-refractivity contribution in [1.29, 1.82) is 0 Å². The van der Waals surface area contributed by atoms with E-state index in [2.05, 4.69) is 72.4 Å². The Morgan fingerprint density at radius 1 is 1.15 bits per heavy atom. The van der Waals surface area contributed by atoms with Crippen molar-refractivity contribution in [2.45, 2.75) is 12.6 Å². The second-order valence-corrected chi connectivity index (χ2v) is 5.49.